The van der Waals surface area contributed by atoms with Crippen LogP contribution in [-0.2, 0) is 16.6 Å². The molecule has 1 aliphatic heterocycles. The first-order valence-electron chi connectivity index (χ1n) is 14.4. The van der Waals surface area contributed by atoms with Gasteiger partial charge in [0, 0.05) is 38.2 Å². The van der Waals surface area contributed by atoms with Crippen LogP contribution in [0.4, 0.5) is 5.69 Å². The van der Waals surface area contributed by atoms with Gasteiger partial charge in [-0.05, 0) is 54.2 Å². The molecule has 1 N–H and O–H groups in total. The lowest BCUT2D eigenvalue weighted by atomic mass is 9.74. The molecule has 0 aliphatic carbocycles. The molecular formula is C33H44N2O4S. The SMILES string of the molecule is CCCCC1(CCCC)CC(c2ccccc2)c2cc(N(C)C)c(O)cc2S(=O)(=O)N1Cc1ccc(OC)cc1. The Morgan fingerprint density at radius 2 is 1.60 bits per heavy atom. The number of ether oxygens (including phenoxy) is 1. The zero-order valence-electron chi connectivity index (χ0n) is 24.6. The van der Waals surface area contributed by atoms with Crippen LogP contribution in [0.5, 0.6) is 11.5 Å². The molecule has 1 atom stereocenters. The third kappa shape index (κ3) is 6.01. The summed E-state index contributed by atoms with van der Waals surface area (Å²) in [6.07, 6.45) is 6.08. The summed E-state index contributed by atoms with van der Waals surface area (Å²) in [5, 5.41) is 11.0. The van der Waals surface area contributed by atoms with E-state index in [0.717, 1.165) is 61.0 Å². The number of phenols is 1. The predicted octanol–water partition coefficient (Wildman–Crippen LogP) is 7.31. The Morgan fingerprint density at radius 1 is 0.975 bits per heavy atom. The summed E-state index contributed by atoms with van der Waals surface area (Å²) < 4.78 is 36.9. The van der Waals surface area contributed by atoms with Crippen molar-refractivity contribution in [3.8, 4) is 11.5 Å². The fourth-order valence-corrected chi connectivity index (χ4v) is 8.20. The molecule has 0 saturated carbocycles. The highest BCUT2D eigenvalue weighted by atomic mass is 32.2. The van der Waals surface area contributed by atoms with Crippen LogP contribution in [0.25, 0.3) is 0 Å². The summed E-state index contributed by atoms with van der Waals surface area (Å²) in [7, 11) is 1.38. The quantitative estimate of drug-likeness (QED) is 0.264. The minimum absolute atomic E-state index is 0.0295. The second-order valence-electron chi connectivity index (χ2n) is 11.2. The van der Waals surface area contributed by atoms with Crippen molar-refractivity contribution in [2.24, 2.45) is 0 Å². The number of methoxy groups -OCH3 is 1. The molecule has 0 bridgehead atoms. The summed E-state index contributed by atoms with van der Waals surface area (Å²) in [5.41, 5.74) is 2.79. The van der Waals surface area contributed by atoms with E-state index in [4.69, 9.17) is 4.74 Å². The van der Waals surface area contributed by atoms with Gasteiger partial charge in [0.25, 0.3) is 0 Å². The van der Waals surface area contributed by atoms with Crippen molar-refractivity contribution in [1.82, 2.24) is 4.31 Å². The summed E-state index contributed by atoms with van der Waals surface area (Å²) in [4.78, 5) is 2.04. The molecule has 0 spiro atoms. The van der Waals surface area contributed by atoms with Crippen molar-refractivity contribution in [2.45, 2.75) is 81.7 Å². The standard InChI is InChI=1S/C33H44N2O4S/c1-6-8-19-33(20-9-7-2)23-29(26-13-11-10-12-14-26)28-21-30(34(3)4)31(36)22-32(28)40(37,38)35(33)24-25-15-17-27(39-5)18-16-25/h10-18,21-22,29,36H,6-9,19-20,23-24H2,1-5H3. The summed E-state index contributed by atoms with van der Waals surface area (Å²) >= 11 is 0. The lowest BCUT2D eigenvalue weighted by Gasteiger charge is -2.44. The van der Waals surface area contributed by atoms with Gasteiger partial charge in [0.1, 0.15) is 11.5 Å². The van der Waals surface area contributed by atoms with Crippen LogP contribution < -0.4 is 9.64 Å². The van der Waals surface area contributed by atoms with Crippen LogP contribution in [0.1, 0.15) is 81.4 Å². The molecule has 1 heterocycles. The van der Waals surface area contributed by atoms with E-state index in [1.807, 2.05) is 67.5 Å². The van der Waals surface area contributed by atoms with Crippen molar-refractivity contribution in [3.05, 3.63) is 83.4 Å². The second kappa shape index (κ2) is 12.6. The van der Waals surface area contributed by atoms with Crippen LogP contribution in [0.3, 0.4) is 0 Å². The molecule has 216 valence electrons. The highest BCUT2D eigenvalue weighted by Crippen LogP contribution is 2.50. The van der Waals surface area contributed by atoms with Crippen LogP contribution in [0.2, 0.25) is 0 Å². The molecule has 40 heavy (non-hydrogen) atoms. The van der Waals surface area contributed by atoms with Crippen LogP contribution in [0.15, 0.2) is 71.6 Å². The maximum atomic E-state index is 14.9. The zero-order chi connectivity index (χ0) is 28.9. The monoisotopic (exact) mass is 564 g/mol. The van der Waals surface area contributed by atoms with E-state index in [9.17, 15) is 13.5 Å². The van der Waals surface area contributed by atoms with Crippen molar-refractivity contribution >= 4 is 15.7 Å². The summed E-state index contributed by atoms with van der Waals surface area (Å²) in [6.45, 7) is 4.59. The third-order valence-electron chi connectivity index (χ3n) is 8.32. The van der Waals surface area contributed by atoms with E-state index in [0.29, 0.717) is 12.1 Å². The fourth-order valence-electron chi connectivity index (χ4n) is 6.12. The van der Waals surface area contributed by atoms with Gasteiger partial charge in [-0.25, -0.2) is 8.42 Å². The molecule has 0 amide bonds. The van der Waals surface area contributed by atoms with E-state index in [1.165, 1.54) is 6.07 Å². The maximum absolute atomic E-state index is 14.9. The topological polar surface area (TPSA) is 70.1 Å². The van der Waals surface area contributed by atoms with Gasteiger partial charge in [-0.1, -0.05) is 82.0 Å². The maximum Gasteiger partial charge on any atom is 0.244 e. The molecule has 7 heteroatoms. The van der Waals surface area contributed by atoms with Gasteiger partial charge in [-0.3, -0.25) is 0 Å². The van der Waals surface area contributed by atoms with Gasteiger partial charge < -0.3 is 14.7 Å². The van der Waals surface area contributed by atoms with Gasteiger partial charge in [-0.2, -0.15) is 4.31 Å². The van der Waals surface area contributed by atoms with Crippen LogP contribution in [-0.4, -0.2) is 44.6 Å². The lowest BCUT2D eigenvalue weighted by Crippen LogP contribution is -2.51. The largest absolute Gasteiger partial charge is 0.506 e. The highest BCUT2D eigenvalue weighted by molar-refractivity contribution is 7.89. The Labute approximate surface area is 240 Å². The molecule has 0 radical (unpaired) electrons. The van der Waals surface area contributed by atoms with Crippen molar-refractivity contribution in [2.75, 3.05) is 26.1 Å². The number of hydrogen-bond acceptors (Lipinski definition) is 5. The smallest absolute Gasteiger partial charge is 0.244 e. The Kier molecular flexibility index (Phi) is 9.47. The normalized spacial score (nSPS) is 18.1. The molecule has 4 rings (SSSR count). The number of nitrogens with zero attached hydrogens (tertiary/aromatic N) is 2. The summed E-state index contributed by atoms with van der Waals surface area (Å²) in [5.74, 6) is 0.569. The Morgan fingerprint density at radius 3 is 2.15 bits per heavy atom. The van der Waals surface area contributed by atoms with Crippen molar-refractivity contribution < 1.29 is 18.3 Å². The molecular weight excluding hydrogens is 520 g/mol. The minimum Gasteiger partial charge on any atom is -0.506 e. The average molecular weight is 565 g/mol. The first-order chi connectivity index (χ1) is 19.2. The van der Waals surface area contributed by atoms with Crippen LogP contribution in [0, 0.1) is 0 Å². The Balaban J connectivity index is 2.01. The number of fused-ring (bicyclic) bond motifs is 1. The third-order valence-corrected chi connectivity index (χ3v) is 10.3. The number of rotatable bonds is 11. The Hall–Kier alpha value is -3.03. The fraction of sp³-hybridized carbons (Fsp3) is 0.455. The van der Waals surface area contributed by atoms with E-state index < -0.39 is 15.6 Å². The average Bonchev–Trinajstić information content (AvgIpc) is 3.03. The molecule has 1 unspecified atom stereocenters. The molecule has 1 aliphatic rings. The highest BCUT2D eigenvalue weighted by Gasteiger charge is 2.49. The number of phenolic OH excluding ortho intramolecular Hbond substituents is 1. The number of unbranched alkanes of at least 4 members (excludes halogenated alkanes) is 2. The van der Waals surface area contributed by atoms with Gasteiger partial charge in [0.2, 0.25) is 10.0 Å². The first-order valence-corrected chi connectivity index (χ1v) is 15.9. The van der Waals surface area contributed by atoms with Crippen LogP contribution >= 0.6 is 0 Å². The van der Waals surface area contributed by atoms with Gasteiger partial charge in [0.05, 0.1) is 17.7 Å². The molecule has 6 nitrogen and oxygen atoms in total. The van der Waals surface area contributed by atoms with E-state index in [-0.39, 0.29) is 23.1 Å². The molecule has 3 aromatic carbocycles. The number of aromatic hydroxyl groups is 1. The lowest BCUT2D eigenvalue weighted by molar-refractivity contribution is 0.129. The number of anilines is 1. The summed E-state index contributed by atoms with van der Waals surface area (Å²) in [6, 6.07) is 21.3. The number of sulfonamides is 1. The molecule has 0 fully saturated rings. The predicted molar refractivity (Wildman–Crippen MR) is 163 cm³/mol. The van der Waals surface area contributed by atoms with Gasteiger partial charge >= 0.3 is 0 Å². The zero-order valence-corrected chi connectivity index (χ0v) is 25.4. The minimum atomic E-state index is -3.98. The molecule has 0 aromatic heterocycles. The molecule has 0 saturated heterocycles. The second-order valence-corrected chi connectivity index (χ2v) is 13.1. The number of benzene rings is 3. The molecule has 3 aromatic rings. The van der Waals surface area contributed by atoms with Crippen molar-refractivity contribution in [1.29, 1.82) is 0 Å². The van der Waals surface area contributed by atoms with E-state index in [2.05, 4.69) is 26.0 Å². The van der Waals surface area contributed by atoms with E-state index in [1.54, 1.807) is 11.4 Å². The van der Waals surface area contributed by atoms with Gasteiger partial charge in [0.15, 0.2) is 0 Å². The first kappa shape index (κ1) is 29.9. The van der Waals surface area contributed by atoms with Crippen molar-refractivity contribution in [3.63, 3.8) is 0 Å². The Bertz CT molecular complexity index is 1360. The van der Waals surface area contributed by atoms with Gasteiger partial charge in [-0.15, -0.1) is 0 Å². The van der Waals surface area contributed by atoms with E-state index >= 15 is 0 Å². The number of hydrogen-bond donors (Lipinski definition) is 1.